The number of sulfonamides is 1. The number of rotatable bonds is 5. The SMILES string of the molecule is CCS(=O)(=O)Nc1ccc(NC(=O)N2CC3(CCC3)C2c2ccccc2)cc1. The minimum atomic E-state index is -3.31. The third-order valence-electron chi connectivity index (χ3n) is 5.89. The Kier molecular flexibility index (Phi) is 4.79. The van der Waals surface area contributed by atoms with E-state index in [0.717, 1.165) is 6.54 Å². The van der Waals surface area contributed by atoms with Crippen LogP contribution in [0.5, 0.6) is 0 Å². The van der Waals surface area contributed by atoms with Crippen LogP contribution in [0.4, 0.5) is 16.2 Å². The summed E-state index contributed by atoms with van der Waals surface area (Å²) < 4.78 is 25.8. The van der Waals surface area contributed by atoms with E-state index < -0.39 is 10.0 Å². The van der Waals surface area contributed by atoms with Crippen LogP contribution >= 0.6 is 0 Å². The summed E-state index contributed by atoms with van der Waals surface area (Å²) in [7, 11) is -3.31. The lowest BCUT2D eigenvalue weighted by Gasteiger charge is -2.62. The molecular formula is C21H25N3O3S. The van der Waals surface area contributed by atoms with Crippen LogP contribution in [-0.2, 0) is 10.0 Å². The number of urea groups is 1. The smallest absolute Gasteiger partial charge is 0.316 e. The zero-order valence-corrected chi connectivity index (χ0v) is 16.7. The molecule has 6 nitrogen and oxygen atoms in total. The fourth-order valence-electron chi connectivity index (χ4n) is 4.22. The molecule has 1 heterocycles. The molecule has 1 saturated carbocycles. The summed E-state index contributed by atoms with van der Waals surface area (Å²) in [6, 6.07) is 17.0. The molecule has 1 aliphatic heterocycles. The van der Waals surface area contributed by atoms with Crippen molar-refractivity contribution in [2.24, 2.45) is 5.41 Å². The van der Waals surface area contributed by atoms with Gasteiger partial charge in [0, 0.05) is 23.3 Å². The number of amides is 2. The van der Waals surface area contributed by atoms with E-state index in [9.17, 15) is 13.2 Å². The Labute approximate surface area is 166 Å². The van der Waals surface area contributed by atoms with E-state index in [1.54, 1.807) is 31.2 Å². The maximum Gasteiger partial charge on any atom is 0.322 e. The van der Waals surface area contributed by atoms with Crippen molar-refractivity contribution in [2.75, 3.05) is 22.3 Å². The van der Waals surface area contributed by atoms with Crippen LogP contribution in [0.1, 0.15) is 37.8 Å². The van der Waals surface area contributed by atoms with E-state index in [-0.39, 0.29) is 23.2 Å². The molecule has 0 radical (unpaired) electrons. The van der Waals surface area contributed by atoms with Crippen molar-refractivity contribution in [3.8, 4) is 0 Å². The summed E-state index contributed by atoms with van der Waals surface area (Å²) in [5, 5.41) is 2.94. The third-order valence-corrected chi connectivity index (χ3v) is 7.20. The van der Waals surface area contributed by atoms with Gasteiger partial charge in [-0.15, -0.1) is 0 Å². The van der Waals surface area contributed by atoms with Crippen LogP contribution in [-0.4, -0.2) is 31.6 Å². The first-order valence-electron chi connectivity index (χ1n) is 9.66. The van der Waals surface area contributed by atoms with Crippen molar-refractivity contribution < 1.29 is 13.2 Å². The summed E-state index contributed by atoms with van der Waals surface area (Å²) in [5.74, 6) is 0.0169. The summed E-state index contributed by atoms with van der Waals surface area (Å²) in [5.41, 5.74) is 2.55. The van der Waals surface area contributed by atoms with Crippen molar-refractivity contribution in [2.45, 2.75) is 32.2 Å². The lowest BCUT2D eigenvalue weighted by Crippen LogP contribution is -2.64. The van der Waals surface area contributed by atoms with Crippen molar-refractivity contribution in [3.63, 3.8) is 0 Å². The average molecular weight is 400 g/mol. The second-order valence-corrected chi connectivity index (χ2v) is 9.68. The molecular weight excluding hydrogens is 374 g/mol. The summed E-state index contributed by atoms with van der Waals surface area (Å²) in [6.45, 7) is 2.37. The molecule has 2 amide bonds. The van der Waals surface area contributed by atoms with Gasteiger partial charge < -0.3 is 10.2 Å². The second kappa shape index (κ2) is 7.13. The van der Waals surface area contributed by atoms with Crippen LogP contribution in [0.2, 0.25) is 0 Å². The maximum absolute atomic E-state index is 12.9. The molecule has 1 spiro atoms. The van der Waals surface area contributed by atoms with Crippen LogP contribution in [0.15, 0.2) is 54.6 Å². The largest absolute Gasteiger partial charge is 0.322 e. The van der Waals surface area contributed by atoms with Crippen molar-refractivity contribution in [3.05, 3.63) is 60.2 Å². The molecule has 28 heavy (non-hydrogen) atoms. The highest BCUT2D eigenvalue weighted by Gasteiger charge is 2.57. The third kappa shape index (κ3) is 3.46. The topological polar surface area (TPSA) is 78.5 Å². The van der Waals surface area contributed by atoms with E-state index in [4.69, 9.17) is 0 Å². The molecule has 2 fully saturated rings. The fraction of sp³-hybridized carbons (Fsp3) is 0.381. The number of nitrogens with zero attached hydrogens (tertiary/aromatic N) is 1. The highest BCUT2D eigenvalue weighted by atomic mass is 32.2. The Morgan fingerprint density at radius 2 is 1.71 bits per heavy atom. The summed E-state index contributed by atoms with van der Waals surface area (Å²) in [4.78, 5) is 14.8. The Bertz CT molecular complexity index is 954. The molecule has 2 aromatic rings. The number of nitrogens with one attached hydrogen (secondary N) is 2. The first-order chi connectivity index (χ1) is 13.4. The zero-order chi connectivity index (χ0) is 19.8. The number of carbonyl (C=O) groups is 1. The Morgan fingerprint density at radius 1 is 1.07 bits per heavy atom. The van der Waals surface area contributed by atoms with Gasteiger partial charge in [-0.25, -0.2) is 13.2 Å². The van der Waals surface area contributed by atoms with Gasteiger partial charge in [0.15, 0.2) is 0 Å². The molecule has 2 aliphatic rings. The van der Waals surface area contributed by atoms with Gasteiger partial charge in [0.2, 0.25) is 10.0 Å². The zero-order valence-electron chi connectivity index (χ0n) is 15.9. The highest BCUT2D eigenvalue weighted by molar-refractivity contribution is 7.92. The lowest BCUT2D eigenvalue weighted by molar-refractivity contribution is -0.0969. The van der Waals surface area contributed by atoms with Crippen molar-refractivity contribution >= 4 is 27.4 Å². The quantitative estimate of drug-likeness (QED) is 0.791. The van der Waals surface area contributed by atoms with E-state index in [2.05, 4.69) is 22.2 Å². The van der Waals surface area contributed by atoms with Crippen LogP contribution in [0.3, 0.4) is 0 Å². The van der Waals surface area contributed by atoms with Gasteiger partial charge in [-0.1, -0.05) is 36.8 Å². The standard InChI is InChI=1S/C21H25N3O3S/c1-2-28(26,27)23-18-11-9-17(10-12-18)22-20(25)24-15-21(13-6-14-21)19(24)16-7-4-3-5-8-16/h3-5,7-12,19,23H,2,6,13-15H2,1H3,(H,22,25). The van der Waals surface area contributed by atoms with E-state index in [1.165, 1.54) is 24.8 Å². The molecule has 2 N–H and O–H groups in total. The fourth-order valence-corrected chi connectivity index (χ4v) is 4.86. The number of hydrogen-bond donors (Lipinski definition) is 2. The molecule has 1 aliphatic carbocycles. The second-order valence-electron chi connectivity index (χ2n) is 7.67. The van der Waals surface area contributed by atoms with Gasteiger partial charge in [-0.05, 0) is 49.6 Å². The van der Waals surface area contributed by atoms with Crippen molar-refractivity contribution in [1.82, 2.24) is 4.90 Å². The van der Waals surface area contributed by atoms with Gasteiger partial charge in [0.25, 0.3) is 0 Å². The predicted octanol–water partition coefficient (Wildman–Crippen LogP) is 4.21. The van der Waals surface area contributed by atoms with E-state index in [1.807, 2.05) is 23.1 Å². The Balaban J connectivity index is 1.45. The monoisotopic (exact) mass is 399 g/mol. The maximum atomic E-state index is 12.9. The molecule has 1 atom stereocenters. The number of anilines is 2. The van der Waals surface area contributed by atoms with E-state index >= 15 is 0 Å². The van der Waals surface area contributed by atoms with Gasteiger partial charge >= 0.3 is 6.03 Å². The molecule has 4 rings (SSSR count). The van der Waals surface area contributed by atoms with Crippen LogP contribution in [0, 0.1) is 5.41 Å². The predicted molar refractivity (Wildman–Crippen MR) is 111 cm³/mol. The number of carbonyl (C=O) groups excluding carboxylic acids is 1. The molecule has 2 aromatic carbocycles. The number of hydrogen-bond acceptors (Lipinski definition) is 3. The van der Waals surface area contributed by atoms with Gasteiger partial charge in [0.05, 0.1) is 11.8 Å². The lowest BCUT2D eigenvalue weighted by atomic mass is 9.56. The van der Waals surface area contributed by atoms with Crippen molar-refractivity contribution in [1.29, 1.82) is 0 Å². The molecule has 0 bridgehead atoms. The number of likely N-dealkylation sites (tertiary alicyclic amines) is 1. The average Bonchev–Trinajstić information content (AvgIpc) is 2.62. The first kappa shape index (κ1) is 18.8. The van der Waals surface area contributed by atoms with E-state index in [0.29, 0.717) is 11.4 Å². The normalized spacial score (nSPS) is 20.2. The Morgan fingerprint density at radius 3 is 2.29 bits per heavy atom. The minimum Gasteiger partial charge on any atom is -0.316 e. The molecule has 1 unspecified atom stereocenters. The molecule has 7 heteroatoms. The number of benzene rings is 2. The first-order valence-corrected chi connectivity index (χ1v) is 11.3. The van der Waals surface area contributed by atoms with Crippen LogP contribution in [0.25, 0.3) is 0 Å². The van der Waals surface area contributed by atoms with Crippen LogP contribution < -0.4 is 10.0 Å². The summed E-state index contributed by atoms with van der Waals surface area (Å²) >= 11 is 0. The van der Waals surface area contributed by atoms with Gasteiger partial charge in [-0.3, -0.25) is 4.72 Å². The Hall–Kier alpha value is -2.54. The summed E-state index contributed by atoms with van der Waals surface area (Å²) in [6.07, 6.45) is 3.57. The molecule has 148 valence electrons. The molecule has 0 aromatic heterocycles. The minimum absolute atomic E-state index is 0.0169. The highest BCUT2D eigenvalue weighted by Crippen LogP contribution is 2.60. The van der Waals surface area contributed by atoms with Gasteiger partial charge in [0.1, 0.15) is 0 Å². The van der Waals surface area contributed by atoms with Gasteiger partial charge in [-0.2, -0.15) is 0 Å². The molecule has 1 saturated heterocycles.